The quantitative estimate of drug-likeness (QED) is 0.544. The summed E-state index contributed by atoms with van der Waals surface area (Å²) in [6.45, 7) is 8.40. The lowest BCUT2D eigenvalue weighted by atomic mass is 9.92. The molecule has 0 fully saturated rings. The van der Waals surface area contributed by atoms with Crippen molar-refractivity contribution in [3.63, 3.8) is 0 Å². The van der Waals surface area contributed by atoms with Crippen LogP contribution in [-0.4, -0.2) is 33.9 Å². The average Bonchev–Trinajstić information content (AvgIpc) is 2.67. The van der Waals surface area contributed by atoms with Gasteiger partial charge in [0.1, 0.15) is 6.17 Å². The molecule has 0 bridgehead atoms. The maximum Gasteiger partial charge on any atom is 0.218 e. The molecule has 102 valence electrons. The third-order valence-electron chi connectivity index (χ3n) is 3.15. The van der Waals surface area contributed by atoms with Gasteiger partial charge in [0.05, 0.1) is 6.10 Å². The molecule has 0 saturated carbocycles. The molecule has 0 spiro atoms. The van der Waals surface area contributed by atoms with Gasteiger partial charge in [-0.2, -0.15) is 5.11 Å². The highest BCUT2D eigenvalue weighted by Gasteiger charge is 2.32. The molecule has 0 amide bonds. The van der Waals surface area contributed by atoms with E-state index in [1.165, 1.54) is 0 Å². The van der Waals surface area contributed by atoms with Crippen molar-refractivity contribution in [1.29, 1.82) is 0 Å². The Bertz CT molecular complexity index is 317. The van der Waals surface area contributed by atoms with E-state index in [9.17, 15) is 5.11 Å². The van der Waals surface area contributed by atoms with Crippen LogP contribution in [0.15, 0.2) is 22.9 Å². The number of hydrogen-bond donors (Lipinski definition) is 1. The number of nitrogens with zero attached hydrogens (tertiary/aromatic N) is 3. The highest BCUT2D eigenvalue weighted by atomic mass is 32.1. The molecule has 4 nitrogen and oxygen atoms in total. The van der Waals surface area contributed by atoms with Crippen LogP contribution < -0.4 is 0 Å². The van der Waals surface area contributed by atoms with E-state index in [1.807, 2.05) is 17.9 Å². The normalized spacial score (nSPS) is 22.3. The van der Waals surface area contributed by atoms with Crippen molar-refractivity contribution < 1.29 is 5.11 Å². The molecule has 1 rings (SSSR count). The number of hydrogen-bond acceptors (Lipinski definition) is 3. The van der Waals surface area contributed by atoms with Crippen LogP contribution in [0.4, 0.5) is 0 Å². The summed E-state index contributed by atoms with van der Waals surface area (Å²) in [6, 6.07) is 0. The topological polar surface area (TPSA) is 48.2 Å². The Labute approximate surface area is 115 Å². The lowest BCUT2D eigenvalue weighted by Crippen LogP contribution is -2.39. The molecule has 1 N–H and O–H groups in total. The predicted octanol–water partition coefficient (Wildman–Crippen LogP) is 3.13. The molecule has 1 aliphatic heterocycles. The standard InChI is InChI=1S/C13H23N3OS/c1-4-6-7-11(9-10(3)17)12-14-15-13(18)16(12)8-5-2/h5,10-12,17H,2,4,6-9H2,1,3H3. The van der Waals surface area contributed by atoms with Crippen molar-refractivity contribution in [3.05, 3.63) is 12.7 Å². The van der Waals surface area contributed by atoms with Gasteiger partial charge in [0.2, 0.25) is 5.11 Å². The zero-order valence-corrected chi connectivity index (χ0v) is 12.1. The molecule has 18 heavy (non-hydrogen) atoms. The molecule has 1 aliphatic rings. The highest BCUT2D eigenvalue weighted by Crippen LogP contribution is 2.28. The summed E-state index contributed by atoms with van der Waals surface area (Å²) >= 11 is 5.18. The Hall–Kier alpha value is -0.810. The third kappa shape index (κ3) is 4.14. The summed E-state index contributed by atoms with van der Waals surface area (Å²) in [5.74, 6) is 0.300. The van der Waals surface area contributed by atoms with Crippen molar-refractivity contribution in [2.75, 3.05) is 6.54 Å². The summed E-state index contributed by atoms with van der Waals surface area (Å²) in [5, 5.41) is 18.4. The number of aliphatic hydroxyl groups is 1. The minimum absolute atomic E-state index is 0.0309. The molecule has 0 aromatic heterocycles. The summed E-state index contributed by atoms with van der Waals surface area (Å²) in [5.41, 5.74) is 0. The molecular formula is C13H23N3OS. The third-order valence-corrected chi connectivity index (χ3v) is 3.46. The first-order valence-corrected chi connectivity index (χ1v) is 7.01. The maximum atomic E-state index is 9.62. The Balaban J connectivity index is 2.72. The largest absolute Gasteiger partial charge is 0.393 e. The second kappa shape index (κ2) is 7.59. The molecule has 3 atom stereocenters. The number of unbranched alkanes of at least 4 members (excludes halogenated alkanes) is 1. The zero-order chi connectivity index (χ0) is 13.5. The summed E-state index contributed by atoms with van der Waals surface area (Å²) in [4.78, 5) is 1.99. The van der Waals surface area contributed by atoms with Crippen molar-refractivity contribution >= 4 is 17.3 Å². The van der Waals surface area contributed by atoms with Gasteiger partial charge < -0.3 is 10.0 Å². The van der Waals surface area contributed by atoms with Gasteiger partial charge in [-0.25, -0.2) is 0 Å². The van der Waals surface area contributed by atoms with Gasteiger partial charge >= 0.3 is 0 Å². The van der Waals surface area contributed by atoms with E-state index in [0.717, 1.165) is 25.7 Å². The van der Waals surface area contributed by atoms with Crippen LogP contribution in [0.2, 0.25) is 0 Å². The number of azo groups is 1. The molecule has 0 aromatic rings. The summed E-state index contributed by atoms with van der Waals surface area (Å²) in [7, 11) is 0. The maximum absolute atomic E-state index is 9.62. The fourth-order valence-electron chi connectivity index (χ4n) is 2.31. The molecule has 0 saturated heterocycles. The number of aliphatic hydroxyl groups excluding tert-OH is 1. The van der Waals surface area contributed by atoms with Gasteiger partial charge in [0.25, 0.3) is 0 Å². The van der Waals surface area contributed by atoms with Crippen molar-refractivity contribution in [3.8, 4) is 0 Å². The second-order valence-electron chi connectivity index (χ2n) is 4.84. The second-order valence-corrected chi connectivity index (χ2v) is 5.20. The van der Waals surface area contributed by atoms with Crippen LogP contribution in [0.25, 0.3) is 0 Å². The van der Waals surface area contributed by atoms with Crippen LogP contribution in [0.1, 0.15) is 39.5 Å². The first kappa shape index (κ1) is 15.2. The molecule has 3 unspecified atom stereocenters. The molecule has 1 heterocycles. The predicted molar refractivity (Wildman–Crippen MR) is 77.5 cm³/mol. The number of thiocarbonyl (C=S) groups is 1. The molecule has 0 radical (unpaired) electrons. The monoisotopic (exact) mass is 269 g/mol. The fourth-order valence-corrected chi connectivity index (χ4v) is 2.54. The Kier molecular flexibility index (Phi) is 6.43. The van der Waals surface area contributed by atoms with E-state index in [4.69, 9.17) is 12.2 Å². The van der Waals surface area contributed by atoms with Gasteiger partial charge in [-0.05, 0) is 32.0 Å². The molecular weight excluding hydrogens is 246 g/mol. The van der Waals surface area contributed by atoms with Crippen molar-refractivity contribution in [1.82, 2.24) is 4.90 Å². The Morgan fingerprint density at radius 1 is 1.61 bits per heavy atom. The van der Waals surface area contributed by atoms with Gasteiger partial charge in [0.15, 0.2) is 0 Å². The van der Waals surface area contributed by atoms with E-state index in [0.29, 0.717) is 17.6 Å². The van der Waals surface area contributed by atoms with Crippen LogP contribution in [0, 0.1) is 5.92 Å². The minimum atomic E-state index is -0.318. The van der Waals surface area contributed by atoms with Gasteiger partial charge in [-0.15, -0.1) is 11.7 Å². The lowest BCUT2D eigenvalue weighted by molar-refractivity contribution is 0.127. The molecule has 0 aliphatic carbocycles. The van der Waals surface area contributed by atoms with E-state index >= 15 is 0 Å². The van der Waals surface area contributed by atoms with Gasteiger partial charge in [0, 0.05) is 12.5 Å². The summed E-state index contributed by atoms with van der Waals surface area (Å²) in [6.07, 6.45) is 5.53. The van der Waals surface area contributed by atoms with Crippen LogP contribution in [0.5, 0.6) is 0 Å². The fraction of sp³-hybridized carbons (Fsp3) is 0.769. The smallest absolute Gasteiger partial charge is 0.218 e. The van der Waals surface area contributed by atoms with E-state index in [-0.39, 0.29) is 12.3 Å². The van der Waals surface area contributed by atoms with Gasteiger partial charge in [-0.3, -0.25) is 0 Å². The molecule has 0 aromatic carbocycles. The number of rotatable bonds is 8. The Morgan fingerprint density at radius 3 is 2.89 bits per heavy atom. The lowest BCUT2D eigenvalue weighted by Gasteiger charge is -2.29. The average molecular weight is 269 g/mol. The van der Waals surface area contributed by atoms with E-state index in [2.05, 4.69) is 23.7 Å². The molecule has 5 heteroatoms. The Morgan fingerprint density at radius 2 is 2.33 bits per heavy atom. The SMILES string of the molecule is C=CCN1C(=S)N=NC1C(CCCC)CC(C)O. The first-order valence-electron chi connectivity index (χ1n) is 6.60. The van der Waals surface area contributed by atoms with E-state index in [1.54, 1.807) is 0 Å². The van der Waals surface area contributed by atoms with Crippen LogP contribution >= 0.6 is 12.2 Å². The minimum Gasteiger partial charge on any atom is -0.393 e. The van der Waals surface area contributed by atoms with Crippen LogP contribution in [0.3, 0.4) is 0 Å². The first-order chi connectivity index (χ1) is 8.60. The highest BCUT2D eigenvalue weighted by molar-refractivity contribution is 7.80. The van der Waals surface area contributed by atoms with Crippen molar-refractivity contribution in [2.45, 2.75) is 51.8 Å². The summed E-state index contributed by atoms with van der Waals surface area (Å²) < 4.78 is 0. The van der Waals surface area contributed by atoms with E-state index < -0.39 is 0 Å². The zero-order valence-electron chi connectivity index (χ0n) is 11.2. The van der Waals surface area contributed by atoms with Crippen LogP contribution in [-0.2, 0) is 0 Å². The van der Waals surface area contributed by atoms with Gasteiger partial charge in [-0.1, -0.05) is 25.8 Å². The van der Waals surface area contributed by atoms with Crippen molar-refractivity contribution in [2.24, 2.45) is 16.1 Å².